The number of fused-ring (bicyclic) bond motifs is 1. The summed E-state index contributed by atoms with van der Waals surface area (Å²) in [7, 11) is -4.31. The number of hydrogen-bond acceptors (Lipinski definition) is 5. The van der Waals surface area contributed by atoms with E-state index in [4.69, 9.17) is 9.29 Å². The lowest BCUT2D eigenvalue weighted by atomic mass is 10.3. The van der Waals surface area contributed by atoms with Crippen LogP contribution in [-0.2, 0) is 16.7 Å². The fraction of sp³-hybridized carbons (Fsp3) is 0.500. The van der Waals surface area contributed by atoms with E-state index in [1.54, 1.807) is 0 Å². The van der Waals surface area contributed by atoms with E-state index in [2.05, 4.69) is 5.10 Å². The van der Waals surface area contributed by atoms with E-state index in [9.17, 15) is 13.5 Å². The van der Waals surface area contributed by atoms with Gasteiger partial charge >= 0.3 is 10.1 Å². The van der Waals surface area contributed by atoms with E-state index in [1.165, 1.54) is 4.68 Å². The number of nitrogens with zero attached hydrogens (tertiary/aromatic N) is 2. The molecule has 1 atom stereocenters. The van der Waals surface area contributed by atoms with Crippen LogP contribution in [0.1, 0.15) is 0 Å². The van der Waals surface area contributed by atoms with Gasteiger partial charge in [0.05, 0.1) is 12.7 Å². The molecular formula is C6H8N2O5S. The Morgan fingerprint density at radius 3 is 3.00 bits per heavy atom. The summed E-state index contributed by atoms with van der Waals surface area (Å²) in [6, 6.07) is 0. The van der Waals surface area contributed by atoms with Crippen molar-refractivity contribution < 1.29 is 22.8 Å². The van der Waals surface area contributed by atoms with Gasteiger partial charge in [0.2, 0.25) is 5.88 Å². The highest BCUT2D eigenvalue weighted by atomic mass is 32.2. The Bertz CT molecular complexity index is 451. The normalized spacial score (nSPS) is 21.4. The third-order valence-electron chi connectivity index (χ3n) is 1.83. The summed E-state index contributed by atoms with van der Waals surface area (Å²) in [5.74, 6) is -0.0298. The molecule has 0 spiro atoms. The molecule has 2 heterocycles. The van der Waals surface area contributed by atoms with Crippen molar-refractivity contribution in [2.24, 2.45) is 0 Å². The molecule has 7 nitrogen and oxygen atoms in total. The van der Waals surface area contributed by atoms with Gasteiger partial charge in [-0.05, 0) is 0 Å². The molecule has 0 aliphatic carbocycles. The molecule has 2 N–H and O–H groups in total. The van der Waals surface area contributed by atoms with Crippen molar-refractivity contribution in [1.82, 2.24) is 9.78 Å². The molecule has 0 fully saturated rings. The predicted molar refractivity (Wildman–Crippen MR) is 43.5 cm³/mol. The minimum atomic E-state index is -4.31. The van der Waals surface area contributed by atoms with Gasteiger partial charge in [-0.1, -0.05) is 0 Å². The third-order valence-corrected chi connectivity index (χ3v) is 2.67. The van der Waals surface area contributed by atoms with Crippen molar-refractivity contribution >= 4 is 10.1 Å². The molecule has 1 unspecified atom stereocenters. The summed E-state index contributed by atoms with van der Waals surface area (Å²) in [6.45, 7) is 0.152. The Kier molecular flexibility index (Phi) is 1.98. The Morgan fingerprint density at radius 2 is 2.36 bits per heavy atom. The lowest BCUT2D eigenvalue weighted by Crippen LogP contribution is -2.30. The largest absolute Gasteiger partial charge is 0.474 e. The molecule has 1 aromatic heterocycles. The molecule has 1 aliphatic heterocycles. The number of aliphatic hydroxyl groups excluding tert-OH is 1. The van der Waals surface area contributed by atoms with Crippen LogP contribution in [0.5, 0.6) is 5.88 Å². The highest BCUT2D eigenvalue weighted by Crippen LogP contribution is 2.26. The maximum absolute atomic E-state index is 10.8. The van der Waals surface area contributed by atoms with Crippen LogP contribution in [0.15, 0.2) is 11.1 Å². The fourth-order valence-corrected chi connectivity index (χ4v) is 1.80. The summed E-state index contributed by atoms with van der Waals surface area (Å²) < 4.78 is 36.5. The zero-order chi connectivity index (χ0) is 10.3. The number of hydrogen-bond donors (Lipinski definition) is 2. The lowest BCUT2D eigenvalue weighted by molar-refractivity contribution is 0.0536. The Morgan fingerprint density at radius 1 is 1.64 bits per heavy atom. The van der Waals surface area contributed by atoms with Crippen LogP contribution < -0.4 is 4.74 Å². The molecule has 8 heteroatoms. The van der Waals surface area contributed by atoms with Crippen molar-refractivity contribution in [3.05, 3.63) is 6.20 Å². The van der Waals surface area contributed by atoms with E-state index in [0.717, 1.165) is 6.20 Å². The first kappa shape index (κ1) is 9.44. The van der Waals surface area contributed by atoms with E-state index >= 15 is 0 Å². The summed E-state index contributed by atoms with van der Waals surface area (Å²) in [4.78, 5) is -0.371. The van der Waals surface area contributed by atoms with Crippen molar-refractivity contribution in [2.45, 2.75) is 17.5 Å². The highest BCUT2D eigenvalue weighted by molar-refractivity contribution is 7.86. The Balaban J connectivity index is 2.49. The smallest absolute Gasteiger partial charge is 0.301 e. The molecule has 0 radical (unpaired) electrons. The third kappa shape index (κ3) is 1.47. The van der Waals surface area contributed by atoms with Gasteiger partial charge in [-0.2, -0.15) is 13.5 Å². The second kappa shape index (κ2) is 2.94. The lowest BCUT2D eigenvalue weighted by Gasteiger charge is -2.20. The number of ether oxygens (including phenoxy) is 1. The molecule has 0 aromatic carbocycles. The van der Waals surface area contributed by atoms with Gasteiger partial charge in [0.15, 0.2) is 4.90 Å². The van der Waals surface area contributed by atoms with Gasteiger partial charge in [-0.3, -0.25) is 4.55 Å². The van der Waals surface area contributed by atoms with Crippen LogP contribution in [0, 0.1) is 0 Å². The quantitative estimate of drug-likeness (QED) is 0.581. The second-order valence-corrected chi connectivity index (χ2v) is 4.33. The molecule has 0 saturated carbocycles. The van der Waals surface area contributed by atoms with E-state index in [1.807, 2.05) is 0 Å². The highest BCUT2D eigenvalue weighted by Gasteiger charge is 2.27. The van der Waals surface area contributed by atoms with Crippen molar-refractivity contribution in [3.63, 3.8) is 0 Å². The fourth-order valence-electron chi connectivity index (χ4n) is 1.24. The SMILES string of the molecule is O=S(=O)(O)c1cnn2c1OCC(O)C2. The first-order chi connectivity index (χ1) is 6.48. The summed E-state index contributed by atoms with van der Waals surface area (Å²) in [5, 5.41) is 12.8. The van der Waals surface area contributed by atoms with Crippen molar-refractivity contribution in [1.29, 1.82) is 0 Å². The number of rotatable bonds is 1. The maximum atomic E-state index is 10.8. The molecule has 0 saturated heterocycles. The Hall–Kier alpha value is -1.12. The molecule has 1 aromatic rings. The van der Waals surface area contributed by atoms with Crippen LogP contribution in [0.4, 0.5) is 0 Å². The molecule has 2 rings (SSSR count). The molecule has 1 aliphatic rings. The molecule has 0 amide bonds. The van der Waals surface area contributed by atoms with Gasteiger partial charge in [-0.15, -0.1) is 0 Å². The van der Waals surface area contributed by atoms with E-state index < -0.39 is 16.2 Å². The number of aliphatic hydroxyl groups is 1. The van der Waals surface area contributed by atoms with Gasteiger partial charge in [0, 0.05) is 0 Å². The van der Waals surface area contributed by atoms with E-state index in [0.29, 0.717) is 0 Å². The van der Waals surface area contributed by atoms with E-state index in [-0.39, 0.29) is 23.9 Å². The predicted octanol–water partition coefficient (Wildman–Crippen LogP) is -1.12. The summed E-state index contributed by atoms with van der Waals surface area (Å²) >= 11 is 0. The average Bonchev–Trinajstić information content (AvgIpc) is 2.45. The van der Waals surface area contributed by atoms with Crippen molar-refractivity contribution in [2.75, 3.05) is 6.61 Å². The first-order valence-corrected chi connectivity index (χ1v) is 5.26. The van der Waals surface area contributed by atoms with Gasteiger partial charge in [0.25, 0.3) is 0 Å². The summed E-state index contributed by atoms with van der Waals surface area (Å²) in [6.07, 6.45) is 0.277. The van der Waals surface area contributed by atoms with Crippen LogP contribution >= 0.6 is 0 Å². The Labute approximate surface area is 79.7 Å². The zero-order valence-electron chi connectivity index (χ0n) is 6.99. The summed E-state index contributed by atoms with van der Waals surface area (Å²) in [5.41, 5.74) is 0. The standard InChI is InChI=1S/C6H8N2O5S/c9-4-2-8-6(13-3-4)5(1-7-8)14(10,11)12/h1,4,9H,2-3H2,(H,10,11,12). The topological polar surface area (TPSA) is 102 Å². The van der Waals surface area contributed by atoms with Gasteiger partial charge < -0.3 is 9.84 Å². The minimum Gasteiger partial charge on any atom is -0.474 e. The molecule has 14 heavy (non-hydrogen) atoms. The van der Waals surface area contributed by atoms with Crippen molar-refractivity contribution in [3.8, 4) is 5.88 Å². The van der Waals surface area contributed by atoms with Crippen LogP contribution in [-0.4, -0.2) is 40.6 Å². The number of aromatic nitrogens is 2. The zero-order valence-corrected chi connectivity index (χ0v) is 7.81. The van der Waals surface area contributed by atoms with Crippen LogP contribution in [0.25, 0.3) is 0 Å². The monoisotopic (exact) mass is 220 g/mol. The maximum Gasteiger partial charge on any atom is 0.301 e. The molecular weight excluding hydrogens is 212 g/mol. The minimum absolute atomic E-state index is 0.00574. The van der Waals surface area contributed by atoms with Crippen LogP contribution in [0.2, 0.25) is 0 Å². The molecule has 78 valence electrons. The van der Waals surface area contributed by atoms with Crippen LogP contribution in [0.3, 0.4) is 0 Å². The molecule has 0 bridgehead atoms. The van der Waals surface area contributed by atoms with Gasteiger partial charge in [-0.25, -0.2) is 4.68 Å². The first-order valence-electron chi connectivity index (χ1n) is 3.82. The second-order valence-electron chi connectivity index (χ2n) is 2.94. The van der Waals surface area contributed by atoms with Gasteiger partial charge in [0.1, 0.15) is 12.7 Å². The average molecular weight is 220 g/mol.